The number of phenolic OH excluding ortho intramolecular Hbond substituents is 2. The van der Waals surface area contributed by atoms with E-state index >= 15 is 0 Å². The fourth-order valence-corrected chi connectivity index (χ4v) is 2.21. The number of rotatable bonds is 1. The second-order valence-corrected chi connectivity index (χ2v) is 4.63. The molecule has 1 atom stereocenters. The summed E-state index contributed by atoms with van der Waals surface area (Å²) in [5.41, 5.74) is 2.09. The van der Waals surface area contributed by atoms with Crippen LogP contribution < -0.4 is 10.1 Å². The number of nitrogens with one attached hydrogen (secondary N) is 1. The number of hydrogen-bond acceptors (Lipinski definition) is 4. The van der Waals surface area contributed by atoms with Crippen LogP contribution >= 0.6 is 0 Å². The highest BCUT2D eigenvalue weighted by Gasteiger charge is 2.18. The second-order valence-electron chi connectivity index (χ2n) is 4.63. The highest BCUT2D eigenvalue weighted by atomic mass is 16.5. The molecule has 1 aliphatic heterocycles. The van der Waals surface area contributed by atoms with Crippen LogP contribution in [0.25, 0.3) is 0 Å². The topological polar surface area (TPSA) is 61.7 Å². The fourth-order valence-electron chi connectivity index (χ4n) is 2.21. The van der Waals surface area contributed by atoms with Gasteiger partial charge in [-0.05, 0) is 23.8 Å². The molecule has 0 saturated heterocycles. The van der Waals surface area contributed by atoms with Crippen LogP contribution in [0.5, 0.6) is 17.2 Å². The lowest BCUT2D eigenvalue weighted by Gasteiger charge is -2.15. The first-order chi connectivity index (χ1) is 9.22. The van der Waals surface area contributed by atoms with Gasteiger partial charge in [0.15, 0.2) is 0 Å². The molecule has 0 radical (unpaired) electrons. The van der Waals surface area contributed by atoms with Crippen LogP contribution in [-0.2, 0) is 6.54 Å². The van der Waals surface area contributed by atoms with Crippen molar-refractivity contribution in [3.8, 4) is 17.2 Å². The van der Waals surface area contributed by atoms with Gasteiger partial charge in [-0.25, -0.2) is 0 Å². The van der Waals surface area contributed by atoms with Gasteiger partial charge in [0.25, 0.3) is 0 Å². The minimum Gasteiger partial charge on any atom is -0.508 e. The molecule has 1 unspecified atom stereocenters. The van der Waals surface area contributed by atoms with Crippen molar-refractivity contribution < 1.29 is 14.9 Å². The lowest BCUT2D eigenvalue weighted by molar-refractivity contribution is 0.279. The normalized spacial score (nSPS) is 18.2. The summed E-state index contributed by atoms with van der Waals surface area (Å²) >= 11 is 0. The van der Waals surface area contributed by atoms with Gasteiger partial charge < -0.3 is 20.3 Å². The van der Waals surface area contributed by atoms with E-state index in [0.717, 1.165) is 11.1 Å². The van der Waals surface area contributed by atoms with Crippen LogP contribution in [0.3, 0.4) is 0 Å². The molecule has 0 aromatic heterocycles. The Kier molecular flexibility index (Phi) is 3.01. The Hall–Kier alpha value is -2.20. The van der Waals surface area contributed by atoms with Crippen molar-refractivity contribution in [1.82, 2.24) is 5.32 Å². The third kappa shape index (κ3) is 2.48. The molecule has 0 amide bonds. The third-order valence-corrected chi connectivity index (χ3v) is 3.29. The lowest BCUT2D eigenvalue weighted by Crippen LogP contribution is -2.23. The predicted octanol–water partition coefficient (Wildman–Crippen LogP) is 2.32. The molecule has 0 spiro atoms. The molecule has 0 fully saturated rings. The van der Waals surface area contributed by atoms with E-state index in [4.69, 9.17) is 4.74 Å². The standard InChI is InChI=1S/C15H15NO3/c17-12-4-1-10(2-5-12)14-9-19-15-7-13(18)6-3-11(15)8-16-14/h1-7,14,16-18H,8-9H2. The zero-order valence-corrected chi connectivity index (χ0v) is 10.3. The van der Waals surface area contributed by atoms with E-state index in [-0.39, 0.29) is 17.5 Å². The lowest BCUT2D eigenvalue weighted by atomic mass is 10.1. The molecule has 19 heavy (non-hydrogen) atoms. The SMILES string of the molecule is Oc1ccc(C2COc3cc(O)ccc3CN2)cc1. The smallest absolute Gasteiger partial charge is 0.127 e. The summed E-state index contributed by atoms with van der Waals surface area (Å²) in [4.78, 5) is 0. The monoisotopic (exact) mass is 257 g/mol. The Bertz CT molecular complexity index is 580. The Balaban J connectivity index is 1.81. The van der Waals surface area contributed by atoms with Crippen LogP contribution in [0.2, 0.25) is 0 Å². The van der Waals surface area contributed by atoms with Crippen molar-refractivity contribution in [1.29, 1.82) is 0 Å². The van der Waals surface area contributed by atoms with Gasteiger partial charge in [-0.2, -0.15) is 0 Å². The highest BCUT2D eigenvalue weighted by molar-refractivity contribution is 5.41. The van der Waals surface area contributed by atoms with E-state index in [0.29, 0.717) is 18.9 Å². The molecule has 2 aromatic carbocycles. The van der Waals surface area contributed by atoms with Crippen LogP contribution in [0.15, 0.2) is 42.5 Å². The predicted molar refractivity (Wildman–Crippen MR) is 71.3 cm³/mol. The Morgan fingerprint density at radius 1 is 1.00 bits per heavy atom. The van der Waals surface area contributed by atoms with E-state index < -0.39 is 0 Å². The molecular weight excluding hydrogens is 242 g/mol. The molecule has 3 N–H and O–H groups in total. The number of fused-ring (bicyclic) bond motifs is 1. The Labute approximate surface area is 111 Å². The summed E-state index contributed by atoms with van der Waals surface area (Å²) in [6.45, 7) is 1.17. The molecule has 0 aliphatic carbocycles. The van der Waals surface area contributed by atoms with E-state index in [1.54, 1.807) is 24.3 Å². The summed E-state index contributed by atoms with van der Waals surface area (Å²) in [6, 6.07) is 12.3. The quantitative estimate of drug-likeness (QED) is 0.733. The zero-order chi connectivity index (χ0) is 13.2. The van der Waals surface area contributed by atoms with Crippen LogP contribution in [0.1, 0.15) is 17.2 Å². The van der Waals surface area contributed by atoms with Crippen LogP contribution in [0, 0.1) is 0 Å². The number of benzene rings is 2. The maximum Gasteiger partial charge on any atom is 0.127 e. The number of hydrogen-bond donors (Lipinski definition) is 3. The second kappa shape index (κ2) is 4.82. The number of ether oxygens (including phenoxy) is 1. The first-order valence-corrected chi connectivity index (χ1v) is 6.19. The Morgan fingerprint density at radius 3 is 2.53 bits per heavy atom. The molecule has 2 aromatic rings. The van der Waals surface area contributed by atoms with Gasteiger partial charge in [0.05, 0.1) is 6.04 Å². The third-order valence-electron chi connectivity index (χ3n) is 3.29. The molecule has 98 valence electrons. The summed E-state index contributed by atoms with van der Waals surface area (Å²) < 4.78 is 5.74. The molecule has 1 aliphatic rings. The summed E-state index contributed by atoms with van der Waals surface area (Å²) in [5, 5.41) is 22.2. The van der Waals surface area contributed by atoms with Gasteiger partial charge in [0.2, 0.25) is 0 Å². The first-order valence-electron chi connectivity index (χ1n) is 6.19. The summed E-state index contributed by atoms with van der Waals surface area (Å²) in [6.07, 6.45) is 0. The average molecular weight is 257 g/mol. The fraction of sp³-hybridized carbons (Fsp3) is 0.200. The van der Waals surface area contributed by atoms with E-state index in [2.05, 4.69) is 5.32 Å². The maximum absolute atomic E-state index is 9.47. The molecular formula is C15H15NO3. The van der Waals surface area contributed by atoms with Crippen molar-refractivity contribution in [2.75, 3.05) is 6.61 Å². The highest BCUT2D eigenvalue weighted by Crippen LogP contribution is 2.28. The van der Waals surface area contributed by atoms with Crippen molar-refractivity contribution in [2.24, 2.45) is 0 Å². The largest absolute Gasteiger partial charge is 0.508 e. The van der Waals surface area contributed by atoms with E-state index in [1.165, 1.54) is 0 Å². The average Bonchev–Trinajstić information content (AvgIpc) is 2.62. The maximum atomic E-state index is 9.47. The van der Waals surface area contributed by atoms with E-state index in [9.17, 15) is 10.2 Å². The molecule has 4 heteroatoms. The van der Waals surface area contributed by atoms with Crippen molar-refractivity contribution in [3.63, 3.8) is 0 Å². The van der Waals surface area contributed by atoms with E-state index in [1.807, 2.05) is 18.2 Å². The number of phenols is 2. The minimum absolute atomic E-state index is 0.0649. The summed E-state index contributed by atoms with van der Waals surface area (Å²) in [7, 11) is 0. The zero-order valence-electron chi connectivity index (χ0n) is 10.3. The van der Waals surface area contributed by atoms with Gasteiger partial charge in [0.1, 0.15) is 23.9 Å². The first kappa shape index (κ1) is 11.9. The molecule has 0 saturated carbocycles. The van der Waals surface area contributed by atoms with Gasteiger partial charge in [-0.15, -0.1) is 0 Å². The van der Waals surface area contributed by atoms with Crippen molar-refractivity contribution >= 4 is 0 Å². The summed E-state index contributed by atoms with van der Waals surface area (Å²) in [5.74, 6) is 1.18. The number of aromatic hydroxyl groups is 2. The van der Waals surface area contributed by atoms with Gasteiger partial charge in [0, 0.05) is 18.2 Å². The molecule has 4 nitrogen and oxygen atoms in total. The van der Waals surface area contributed by atoms with Crippen LogP contribution in [-0.4, -0.2) is 16.8 Å². The van der Waals surface area contributed by atoms with Gasteiger partial charge in [-0.3, -0.25) is 0 Å². The van der Waals surface area contributed by atoms with Gasteiger partial charge in [-0.1, -0.05) is 18.2 Å². The van der Waals surface area contributed by atoms with Crippen LogP contribution in [0.4, 0.5) is 0 Å². The minimum atomic E-state index is 0.0649. The van der Waals surface area contributed by atoms with Crippen molar-refractivity contribution in [2.45, 2.75) is 12.6 Å². The van der Waals surface area contributed by atoms with Crippen molar-refractivity contribution in [3.05, 3.63) is 53.6 Å². The molecule has 0 bridgehead atoms. The molecule has 3 rings (SSSR count). The van der Waals surface area contributed by atoms with Gasteiger partial charge >= 0.3 is 0 Å². The Morgan fingerprint density at radius 2 is 1.74 bits per heavy atom. The molecule has 1 heterocycles.